The van der Waals surface area contributed by atoms with Crippen LogP contribution in [0.2, 0.25) is 0 Å². The third-order valence-electron chi connectivity index (χ3n) is 5.27. The normalized spacial score (nSPS) is 15.5. The number of nitrogens with zero attached hydrogens (tertiary/aromatic N) is 4. The van der Waals surface area contributed by atoms with Gasteiger partial charge in [0, 0.05) is 24.8 Å². The molecule has 6 heteroatoms. The van der Waals surface area contributed by atoms with Gasteiger partial charge < -0.3 is 16.0 Å². The highest BCUT2D eigenvalue weighted by molar-refractivity contribution is 5.69. The summed E-state index contributed by atoms with van der Waals surface area (Å²) in [5.41, 5.74) is 11.6. The van der Waals surface area contributed by atoms with E-state index in [9.17, 15) is 0 Å². The zero-order valence-corrected chi connectivity index (χ0v) is 16.4. The molecule has 0 fully saturated rings. The maximum Gasteiger partial charge on any atom is 0.252 e. The molecule has 0 spiro atoms. The second kappa shape index (κ2) is 7.94. The molecule has 0 amide bonds. The van der Waals surface area contributed by atoms with Gasteiger partial charge >= 0.3 is 0 Å². The molecule has 0 saturated carbocycles. The summed E-state index contributed by atoms with van der Waals surface area (Å²) < 4.78 is 0. The minimum absolute atomic E-state index is 0.263. The Balaban J connectivity index is 1.66. The van der Waals surface area contributed by atoms with E-state index in [2.05, 4.69) is 64.6 Å². The van der Waals surface area contributed by atoms with Crippen molar-refractivity contribution in [2.75, 3.05) is 10.2 Å². The Morgan fingerprint density at radius 1 is 1.11 bits per heavy atom. The number of fused-ring (bicyclic) bond motifs is 1. The van der Waals surface area contributed by atoms with E-state index in [0.29, 0.717) is 19.0 Å². The highest BCUT2D eigenvalue weighted by atomic mass is 15.4. The molecular formula is C22H26N6. The number of hydrogen-bond donors (Lipinski definition) is 2. The van der Waals surface area contributed by atoms with Gasteiger partial charge in [0.25, 0.3) is 5.95 Å². The third kappa shape index (κ3) is 3.43. The monoisotopic (exact) mass is 374 g/mol. The van der Waals surface area contributed by atoms with Gasteiger partial charge in [-0.05, 0) is 42.5 Å². The first kappa shape index (κ1) is 18.4. The highest BCUT2D eigenvalue weighted by Crippen LogP contribution is 2.38. The van der Waals surface area contributed by atoms with Crippen molar-refractivity contribution in [3.05, 3.63) is 70.9 Å². The smallest absolute Gasteiger partial charge is 0.252 e. The molecule has 0 bridgehead atoms. The molecule has 0 radical (unpaired) electrons. The Morgan fingerprint density at radius 3 is 2.68 bits per heavy atom. The van der Waals surface area contributed by atoms with Crippen molar-refractivity contribution in [2.45, 2.75) is 45.8 Å². The summed E-state index contributed by atoms with van der Waals surface area (Å²) in [5.74, 6) is 1.43. The molecule has 1 aliphatic rings. The first-order chi connectivity index (χ1) is 13.7. The van der Waals surface area contributed by atoms with Crippen molar-refractivity contribution in [3.8, 4) is 0 Å². The van der Waals surface area contributed by atoms with Crippen molar-refractivity contribution in [2.24, 2.45) is 5.73 Å². The van der Waals surface area contributed by atoms with E-state index in [1.807, 2.05) is 18.2 Å². The summed E-state index contributed by atoms with van der Waals surface area (Å²) in [6.45, 7) is 5.51. The molecule has 6 nitrogen and oxygen atoms in total. The Kier molecular flexibility index (Phi) is 5.21. The fourth-order valence-electron chi connectivity index (χ4n) is 3.81. The van der Waals surface area contributed by atoms with Crippen molar-refractivity contribution >= 4 is 17.5 Å². The van der Waals surface area contributed by atoms with Crippen LogP contribution in [0.15, 0.2) is 48.5 Å². The molecule has 0 saturated heterocycles. The summed E-state index contributed by atoms with van der Waals surface area (Å²) in [6, 6.07) is 16.8. The summed E-state index contributed by atoms with van der Waals surface area (Å²) in [7, 11) is 0. The molecular weight excluding hydrogens is 348 g/mol. The summed E-state index contributed by atoms with van der Waals surface area (Å²) in [4.78, 5) is 7.03. The van der Waals surface area contributed by atoms with Crippen LogP contribution in [0.3, 0.4) is 0 Å². The summed E-state index contributed by atoms with van der Waals surface area (Å²) in [6.07, 6.45) is 1.72. The van der Waals surface area contributed by atoms with Crippen LogP contribution in [0.1, 0.15) is 36.2 Å². The zero-order chi connectivity index (χ0) is 19.5. The predicted octanol–water partition coefficient (Wildman–Crippen LogP) is 3.59. The van der Waals surface area contributed by atoms with Crippen LogP contribution in [-0.2, 0) is 25.9 Å². The Bertz CT molecular complexity index is 956. The van der Waals surface area contributed by atoms with Crippen molar-refractivity contribution in [3.63, 3.8) is 0 Å². The number of aromatic nitrogens is 3. The topological polar surface area (TPSA) is 80.0 Å². The van der Waals surface area contributed by atoms with E-state index >= 15 is 0 Å². The standard InChI is InChI=1S/C22H26N6/c1-3-19-21(24-14-16-8-5-4-6-9-16)25-22(27-26-19)28-15(2)12-18-17(13-23)10-7-11-20(18)28/h4-11,15H,3,12-14,23H2,1-2H3,(H,24,25,27). The molecule has 3 N–H and O–H groups in total. The first-order valence-corrected chi connectivity index (χ1v) is 9.82. The quantitative estimate of drug-likeness (QED) is 0.686. The lowest BCUT2D eigenvalue weighted by Gasteiger charge is -2.23. The van der Waals surface area contributed by atoms with Crippen molar-refractivity contribution < 1.29 is 0 Å². The van der Waals surface area contributed by atoms with Gasteiger partial charge in [-0.2, -0.15) is 4.98 Å². The summed E-state index contributed by atoms with van der Waals surface area (Å²) in [5, 5.41) is 12.4. The van der Waals surface area contributed by atoms with E-state index in [0.717, 1.165) is 30.0 Å². The minimum atomic E-state index is 0.263. The van der Waals surface area contributed by atoms with Crippen molar-refractivity contribution in [1.82, 2.24) is 15.2 Å². The predicted molar refractivity (Wildman–Crippen MR) is 113 cm³/mol. The maximum atomic E-state index is 5.94. The van der Waals surface area contributed by atoms with Gasteiger partial charge in [-0.1, -0.05) is 49.4 Å². The van der Waals surface area contributed by atoms with E-state index in [1.165, 1.54) is 16.7 Å². The maximum absolute atomic E-state index is 5.94. The van der Waals surface area contributed by atoms with Gasteiger partial charge in [0.1, 0.15) is 5.69 Å². The molecule has 1 unspecified atom stereocenters. The second-order valence-corrected chi connectivity index (χ2v) is 7.14. The first-order valence-electron chi connectivity index (χ1n) is 9.82. The lowest BCUT2D eigenvalue weighted by molar-refractivity contribution is 0.722. The Morgan fingerprint density at radius 2 is 1.93 bits per heavy atom. The largest absolute Gasteiger partial charge is 0.364 e. The number of nitrogens with two attached hydrogens (primary N) is 1. The second-order valence-electron chi connectivity index (χ2n) is 7.14. The average molecular weight is 374 g/mol. The molecule has 0 aliphatic carbocycles. The average Bonchev–Trinajstić information content (AvgIpc) is 3.08. The molecule has 144 valence electrons. The zero-order valence-electron chi connectivity index (χ0n) is 16.4. The molecule has 3 aromatic rings. The van der Waals surface area contributed by atoms with Crippen LogP contribution >= 0.6 is 0 Å². The molecule has 1 aliphatic heterocycles. The lowest BCUT2D eigenvalue weighted by Crippen LogP contribution is -2.27. The van der Waals surface area contributed by atoms with Crippen LogP contribution < -0.4 is 16.0 Å². The molecule has 4 rings (SSSR count). The highest BCUT2D eigenvalue weighted by Gasteiger charge is 2.31. The molecule has 1 atom stereocenters. The summed E-state index contributed by atoms with van der Waals surface area (Å²) >= 11 is 0. The fourth-order valence-corrected chi connectivity index (χ4v) is 3.81. The van der Waals surface area contributed by atoms with Gasteiger partial charge in [-0.25, -0.2) is 0 Å². The number of rotatable bonds is 6. The number of nitrogens with one attached hydrogen (secondary N) is 1. The van der Waals surface area contributed by atoms with Gasteiger partial charge in [0.05, 0.1) is 0 Å². The minimum Gasteiger partial charge on any atom is -0.364 e. The van der Waals surface area contributed by atoms with E-state index in [4.69, 9.17) is 10.7 Å². The number of aryl methyl sites for hydroxylation is 1. The van der Waals surface area contributed by atoms with Crippen LogP contribution in [-0.4, -0.2) is 21.2 Å². The Labute approximate surface area is 165 Å². The number of anilines is 3. The van der Waals surface area contributed by atoms with Gasteiger partial charge in [-0.15, -0.1) is 10.2 Å². The molecule has 28 heavy (non-hydrogen) atoms. The van der Waals surface area contributed by atoms with E-state index in [1.54, 1.807) is 0 Å². The molecule has 2 aromatic carbocycles. The van der Waals surface area contributed by atoms with E-state index in [-0.39, 0.29) is 6.04 Å². The number of hydrogen-bond acceptors (Lipinski definition) is 6. The van der Waals surface area contributed by atoms with Crippen LogP contribution in [0, 0.1) is 0 Å². The van der Waals surface area contributed by atoms with Gasteiger partial charge in [-0.3, -0.25) is 0 Å². The fraction of sp³-hybridized carbons (Fsp3) is 0.318. The van der Waals surface area contributed by atoms with Crippen molar-refractivity contribution in [1.29, 1.82) is 0 Å². The SMILES string of the molecule is CCc1nnc(N2c3cccc(CN)c3CC2C)nc1NCc1ccccc1. The number of benzene rings is 2. The van der Waals surface area contributed by atoms with Crippen LogP contribution in [0.4, 0.5) is 17.5 Å². The van der Waals surface area contributed by atoms with E-state index < -0.39 is 0 Å². The van der Waals surface area contributed by atoms with Gasteiger partial charge in [0.2, 0.25) is 0 Å². The molecule has 2 heterocycles. The third-order valence-corrected chi connectivity index (χ3v) is 5.27. The lowest BCUT2D eigenvalue weighted by atomic mass is 10.0. The van der Waals surface area contributed by atoms with Crippen LogP contribution in [0.5, 0.6) is 0 Å². The molecule has 1 aromatic heterocycles. The van der Waals surface area contributed by atoms with Gasteiger partial charge in [0.15, 0.2) is 5.82 Å². The van der Waals surface area contributed by atoms with Crippen LogP contribution in [0.25, 0.3) is 0 Å². The Hall–Kier alpha value is -2.99.